The van der Waals surface area contributed by atoms with E-state index in [1.807, 2.05) is 0 Å². The highest BCUT2D eigenvalue weighted by Gasteiger charge is 2.29. The first kappa shape index (κ1) is 23.6. The molecular formula is C18H14N6O10. The van der Waals surface area contributed by atoms with E-state index in [2.05, 4.69) is 0 Å². The second-order valence-corrected chi connectivity index (χ2v) is 7.09. The van der Waals surface area contributed by atoms with E-state index >= 15 is 0 Å². The quantitative estimate of drug-likeness (QED) is 0.438. The first-order chi connectivity index (χ1) is 16.0. The molecule has 16 nitrogen and oxygen atoms in total. The van der Waals surface area contributed by atoms with Crippen molar-refractivity contribution < 1.29 is 29.3 Å². The molecule has 1 aliphatic heterocycles. The van der Waals surface area contributed by atoms with Gasteiger partial charge in [-0.2, -0.15) is 0 Å². The summed E-state index contributed by atoms with van der Waals surface area (Å²) in [6.45, 7) is -0.174. The summed E-state index contributed by atoms with van der Waals surface area (Å²) in [7, 11) is 0. The summed E-state index contributed by atoms with van der Waals surface area (Å²) in [4.78, 5) is 68.7. The molecule has 0 saturated carbocycles. The summed E-state index contributed by atoms with van der Waals surface area (Å²) in [5.41, 5.74) is -3.04. The average molecular weight is 474 g/mol. The topological polar surface area (TPSA) is 213 Å². The molecule has 176 valence electrons. The van der Waals surface area contributed by atoms with Crippen LogP contribution in [0.1, 0.15) is 20.7 Å². The van der Waals surface area contributed by atoms with Crippen molar-refractivity contribution in [1.29, 1.82) is 0 Å². The number of carbonyl (C=O) groups excluding carboxylic acids is 2. The molecule has 0 atom stereocenters. The van der Waals surface area contributed by atoms with Crippen molar-refractivity contribution >= 4 is 34.6 Å². The molecule has 2 aromatic carbocycles. The maximum atomic E-state index is 12.8. The van der Waals surface area contributed by atoms with Gasteiger partial charge in [-0.3, -0.25) is 50.0 Å². The molecule has 1 heterocycles. The molecule has 0 spiro atoms. The van der Waals surface area contributed by atoms with Crippen LogP contribution < -0.4 is 0 Å². The van der Waals surface area contributed by atoms with Crippen LogP contribution in [0.2, 0.25) is 0 Å². The van der Waals surface area contributed by atoms with Crippen LogP contribution in [0.5, 0.6) is 0 Å². The summed E-state index contributed by atoms with van der Waals surface area (Å²) >= 11 is 0. The number of nitro groups is 4. The standard InChI is InChI=1S/C18H14N6O10/c25-17(11-5-13(21(27)28)9-14(6-11)22(29)30)19-1-2-20(4-3-19)18(26)12-7-15(23(31)32)10-16(8-12)24(33)34/h5-10H,1-4H2. The van der Waals surface area contributed by atoms with Crippen molar-refractivity contribution in [3.8, 4) is 0 Å². The lowest BCUT2D eigenvalue weighted by Crippen LogP contribution is -2.50. The van der Waals surface area contributed by atoms with Gasteiger partial charge in [0.25, 0.3) is 34.6 Å². The second kappa shape index (κ2) is 9.23. The lowest BCUT2D eigenvalue weighted by Gasteiger charge is -2.34. The SMILES string of the molecule is O=C(c1cc([N+](=O)[O-])cc([N+](=O)[O-])c1)N1CCN(C(=O)c2cc([N+](=O)[O-])cc([N+](=O)[O-])c2)CC1. The molecule has 3 rings (SSSR count). The molecule has 0 aliphatic carbocycles. The van der Waals surface area contributed by atoms with Gasteiger partial charge in [0.2, 0.25) is 0 Å². The van der Waals surface area contributed by atoms with Crippen LogP contribution in [0.15, 0.2) is 36.4 Å². The Bertz CT molecular complexity index is 1080. The third kappa shape index (κ3) is 4.90. The fourth-order valence-electron chi connectivity index (χ4n) is 3.34. The molecular weight excluding hydrogens is 460 g/mol. The monoisotopic (exact) mass is 474 g/mol. The molecule has 2 aromatic rings. The molecule has 2 amide bonds. The van der Waals surface area contributed by atoms with E-state index in [0.717, 1.165) is 36.4 Å². The van der Waals surface area contributed by atoms with Crippen LogP contribution in [-0.4, -0.2) is 67.5 Å². The Kier molecular flexibility index (Phi) is 6.42. The third-order valence-electron chi connectivity index (χ3n) is 5.00. The van der Waals surface area contributed by atoms with Gasteiger partial charge in [0.1, 0.15) is 0 Å². The van der Waals surface area contributed by atoms with Crippen molar-refractivity contribution in [3.63, 3.8) is 0 Å². The van der Waals surface area contributed by atoms with Gasteiger partial charge in [-0.1, -0.05) is 0 Å². The summed E-state index contributed by atoms with van der Waals surface area (Å²) in [5, 5.41) is 44.2. The number of piperazine rings is 1. The van der Waals surface area contributed by atoms with Crippen LogP contribution in [0.4, 0.5) is 22.7 Å². The molecule has 0 N–H and O–H groups in total. The van der Waals surface area contributed by atoms with Gasteiger partial charge in [0.15, 0.2) is 0 Å². The van der Waals surface area contributed by atoms with Gasteiger partial charge in [0, 0.05) is 50.4 Å². The molecule has 0 unspecified atom stereocenters. The number of carbonyl (C=O) groups is 2. The smallest absolute Gasteiger partial charge is 0.277 e. The Morgan fingerprint density at radius 2 is 0.765 bits per heavy atom. The predicted molar refractivity (Wildman–Crippen MR) is 111 cm³/mol. The van der Waals surface area contributed by atoms with Gasteiger partial charge in [0.05, 0.1) is 43.0 Å². The van der Waals surface area contributed by atoms with Crippen LogP contribution in [-0.2, 0) is 0 Å². The van der Waals surface area contributed by atoms with Crippen molar-refractivity contribution in [3.05, 3.63) is 88.0 Å². The van der Waals surface area contributed by atoms with Crippen molar-refractivity contribution in [1.82, 2.24) is 9.80 Å². The fraction of sp³-hybridized carbons (Fsp3) is 0.222. The van der Waals surface area contributed by atoms with Crippen LogP contribution in [0, 0.1) is 40.5 Å². The fourth-order valence-corrected chi connectivity index (χ4v) is 3.34. The number of hydrogen-bond acceptors (Lipinski definition) is 10. The van der Waals surface area contributed by atoms with Gasteiger partial charge in [-0.15, -0.1) is 0 Å². The molecule has 34 heavy (non-hydrogen) atoms. The van der Waals surface area contributed by atoms with E-state index in [-0.39, 0.29) is 37.3 Å². The summed E-state index contributed by atoms with van der Waals surface area (Å²) < 4.78 is 0. The number of nitro benzene ring substituents is 4. The Labute approximate surface area is 188 Å². The van der Waals surface area contributed by atoms with Gasteiger partial charge < -0.3 is 9.80 Å². The average Bonchev–Trinajstić information content (AvgIpc) is 2.82. The number of nitrogens with zero attached hydrogens (tertiary/aromatic N) is 6. The first-order valence-electron chi connectivity index (χ1n) is 9.44. The zero-order valence-electron chi connectivity index (χ0n) is 17.1. The maximum Gasteiger partial charge on any atom is 0.277 e. The Morgan fingerprint density at radius 1 is 0.529 bits per heavy atom. The predicted octanol–water partition coefficient (Wildman–Crippen LogP) is 1.92. The third-order valence-corrected chi connectivity index (χ3v) is 5.00. The zero-order valence-corrected chi connectivity index (χ0v) is 17.1. The lowest BCUT2D eigenvalue weighted by molar-refractivity contribution is -0.394. The van der Waals surface area contributed by atoms with Crippen LogP contribution in [0.25, 0.3) is 0 Å². The summed E-state index contributed by atoms with van der Waals surface area (Å²) in [5.74, 6) is -1.44. The van der Waals surface area contributed by atoms with Crippen LogP contribution >= 0.6 is 0 Å². The van der Waals surface area contributed by atoms with Gasteiger partial charge >= 0.3 is 0 Å². The minimum atomic E-state index is -0.862. The molecule has 1 aliphatic rings. The minimum absolute atomic E-state index is 0.0436. The Hall–Kier alpha value is -5.02. The largest absolute Gasteiger partial charge is 0.335 e. The molecule has 0 bridgehead atoms. The number of non-ortho nitro benzene ring substituents is 4. The first-order valence-corrected chi connectivity index (χ1v) is 9.44. The van der Waals surface area contributed by atoms with Gasteiger partial charge in [-0.05, 0) is 0 Å². The van der Waals surface area contributed by atoms with Crippen molar-refractivity contribution in [2.45, 2.75) is 0 Å². The second-order valence-electron chi connectivity index (χ2n) is 7.09. The zero-order chi connectivity index (χ0) is 25.2. The normalized spacial score (nSPS) is 13.3. The Morgan fingerprint density at radius 3 is 0.971 bits per heavy atom. The Balaban J connectivity index is 1.77. The van der Waals surface area contributed by atoms with E-state index in [1.165, 1.54) is 9.80 Å². The molecule has 16 heteroatoms. The molecule has 0 aromatic heterocycles. The van der Waals surface area contributed by atoms with E-state index < -0.39 is 54.3 Å². The number of hydrogen-bond donors (Lipinski definition) is 0. The molecule has 1 saturated heterocycles. The highest BCUT2D eigenvalue weighted by molar-refractivity contribution is 5.97. The van der Waals surface area contributed by atoms with E-state index in [4.69, 9.17) is 0 Å². The number of rotatable bonds is 6. The lowest BCUT2D eigenvalue weighted by atomic mass is 10.1. The summed E-state index contributed by atoms with van der Waals surface area (Å²) in [6.07, 6.45) is 0. The molecule has 0 radical (unpaired) electrons. The van der Waals surface area contributed by atoms with Crippen molar-refractivity contribution in [2.75, 3.05) is 26.2 Å². The van der Waals surface area contributed by atoms with E-state index in [1.54, 1.807) is 0 Å². The van der Waals surface area contributed by atoms with Gasteiger partial charge in [-0.25, -0.2) is 0 Å². The highest BCUT2D eigenvalue weighted by atomic mass is 16.6. The van der Waals surface area contributed by atoms with E-state index in [0.29, 0.717) is 0 Å². The number of amides is 2. The van der Waals surface area contributed by atoms with E-state index in [9.17, 15) is 50.0 Å². The summed E-state index contributed by atoms with van der Waals surface area (Å²) in [6, 6.07) is 5.10. The van der Waals surface area contributed by atoms with Crippen LogP contribution in [0.3, 0.4) is 0 Å². The van der Waals surface area contributed by atoms with Crippen molar-refractivity contribution in [2.24, 2.45) is 0 Å². The maximum absolute atomic E-state index is 12.8. The minimum Gasteiger partial charge on any atom is -0.335 e. The highest BCUT2D eigenvalue weighted by Crippen LogP contribution is 2.26. The molecule has 1 fully saturated rings. The number of benzene rings is 2.